The largest absolute Gasteiger partial charge is 0.496 e. The highest BCUT2D eigenvalue weighted by Gasteiger charge is 2.25. The Labute approximate surface area is 125 Å². The number of ether oxygens (including phenoxy) is 2. The van der Waals surface area contributed by atoms with Gasteiger partial charge in [-0.15, -0.1) is 0 Å². The summed E-state index contributed by atoms with van der Waals surface area (Å²) in [5.74, 6) is 1.72. The first-order chi connectivity index (χ1) is 10.2. The van der Waals surface area contributed by atoms with E-state index in [9.17, 15) is 0 Å². The number of nitrogens with zero attached hydrogens (tertiary/aromatic N) is 1. The molecule has 0 saturated carbocycles. The summed E-state index contributed by atoms with van der Waals surface area (Å²) in [5.41, 5.74) is 8.94. The highest BCUT2D eigenvalue weighted by Crippen LogP contribution is 2.43. The minimum absolute atomic E-state index is 0.0124. The molecule has 4 heteroatoms. The van der Waals surface area contributed by atoms with E-state index >= 15 is 0 Å². The van der Waals surface area contributed by atoms with Gasteiger partial charge in [-0.25, -0.2) is 0 Å². The van der Waals surface area contributed by atoms with E-state index in [4.69, 9.17) is 15.2 Å². The molecule has 0 aromatic heterocycles. The lowest BCUT2D eigenvalue weighted by Crippen LogP contribution is -2.42. The molecule has 0 bridgehead atoms. The number of likely N-dealkylation sites (N-methyl/N-ethyl adjacent to an activating group) is 1. The summed E-state index contributed by atoms with van der Waals surface area (Å²) >= 11 is 0. The fraction of sp³-hybridized carbons (Fsp3) is 0.294. The van der Waals surface area contributed by atoms with Crippen LogP contribution >= 0.6 is 0 Å². The Kier molecular flexibility index (Phi) is 3.71. The van der Waals surface area contributed by atoms with Crippen LogP contribution in [0.3, 0.4) is 0 Å². The molecule has 0 saturated heterocycles. The van der Waals surface area contributed by atoms with Crippen LogP contribution in [0.25, 0.3) is 11.1 Å². The number of anilines is 1. The van der Waals surface area contributed by atoms with Crippen LogP contribution in [0.2, 0.25) is 0 Å². The zero-order valence-electron chi connectivity index (χ0n) is 12.4. The van der Waals surface area contributed by atoms with Gasteiger partial charge in [-0.05, 0) is 12.1 Å². The summed E-state index contributed by atoms with van der Waals surface area (Å²) in [5, 5.41) is 0. The minimum Gasteiger partial charge on any atom is -0.496 e. The van der Waals surface area contributed by atoms with Crippen LogP contribution in [0.5, 0.6) is 11.5 Å². The summed E-state index contributed by atoms with van der Waals surface area (Å²) in [6.07, 6.45) is 0.0124. The maximum Gasteiger partial charge on any atom is 0.151 e. The Morgan fingerprint density at radius 3 is 2.71 bits per heavy atom. The number of methoxy groups -OCH3 is 1. The molecule has 2 aromatic carbocycles. The van der Waals surface area contributed by atoms with E-state index < -0.39 is 0 Å². The predicted octanol–water partition coefficient (Wildman–Crippen LogP) is 2.52. The van der Waals surface area contributed by atoms with Gasteiger partial charge >= 0.3 is 0 Å². The number of fused-ring (bicyclic) bond motifs is 1. The van der Waals surface area contributed by atoms with Gasteiger partial charge in [0.2, 0.25) is 0 Å². The van der Waals surface area contributed by atoms with Crippen molar-refractivity contribution in [1.29, 1.82) is 0 Å². The van der Waals surface area contributed by atoms with Gasteiger partial charge in [0.25, 0.3) is 0 Å². The molecule has 1 aliphatic heterocycles. The van der Waals surface area contributed by atoms with Gasteiger partial charge in [0, 0.05) is 24.7 Å². The van der Waals surface area contributed by atoms with E-state index in [1.54, 1.807) is 7.11 Å². The first-order valence-electron chi connectivity index (χ1n) is 7.09. The molecule has 0 fully saturated rings. The Bertz CT molecular complexity index is 642. The van der Waals surface area contributed by atoms with Crippen molar-refractivity contribution in [2.75, 3.05) is 32.1 Å². The first kappa shape index (κ1) is 13.8. The van der Waals surface area contributed by atoms with Crippen molar-refractivity contribution in [1.82, 2.24) is 0 Å². The topological polar surface area (TPSA) is 47.7 Å². The van der Waals surface area contributed by atoms with E-state index in [0.29, 0.717) is 6.54 Å². The van der Waals surface area contributed by atoms with Crippen LogP contribution in [-0.2, 0) is 0 Å². The molecule has 1 heterocycles. The number of hydrogen-bond donors (Lipinski definition) is 1. The minimum atomic E-state index is 0.0124. The third-order valence-corrected chi connectivity index (χ3v) is 3.83. The summed E-state index contributed by atoms with van der Waals surface area (Å²) in [4.78, 5) is 2.19. The summed E-state index contributed by atoms with van der Waals surface area (Å²) in [7, 11) is 3.75. The molecule has 3 rings (SSSR count). The number of hydrogen-bond acceptors (Lipinski definition) is 4. The molecule has 0 unspecified atom stereocenters. The van der Waals surface area contributed by atoms with Gasteiger partial charge < -0.3 is 20.1 Å². The molecule has 2 aromatic rings. The van der Waals surface area contributed by atoms with Crippen LogP contribution in [0.15, 0.2) is 42.5 Å². The van der Waals surface area contributed by atoms with Crippen LogP contribution in [0.1, 0.15) is 0 Å². The van der Waals surface area contributed by atoms with E-state index in [1.165, 1.54) is 0 Å². The number of nitrogens with two attached hydrogens (primary N) is 1. The average Bonchev–Trinajstić information content (AvgIpc) is 2.54. The third-order valence-electron chi connectivity index (χ3n) is 3.83. The SMILES string of the molecule is COc1ccccc1-c1cccc2c1O[C@H](CN)CN2C. The Morgan fingerprint density at radius 1 is 1.19 bits per heavy atom. The van der Waals surface area contributed by atoms with Crippen LogP contribution in [0, 0.1) is 0 Å². The van der Waals surface area contributed by atoms with E-state index in [0.717, 1.165) is 34.9 Å². The fourth-order valence-electron chi connectivity index (χ4n) is 2.76. The maximum atomic E-state index is 6.11. The molecule has 2 N–H and O–H groups in total. The van der Waals surface area contributed by atoms with Crippen molar-refractivity contribution >= 4 is 5.69 Å². The molecule has 0 spiro atoms. The Balaban J connectivity index is 2.15. The molecule has 0 aliphatic carbocycles. The van der Waals surface area contributed by atoms with E-state index in [-0.39, 0.29) is 6.10 Å². The highest BCUT2D eigenvalue weighted by atomic mass is 16.5. The zero-order chi connectivity index (χ0) is 14.8. The number of rotatable bonds is 3. The molecule has 1 aliphatic rings. The summed E-state index contributed by atoms with van der Waals surface area (Å²) < 4.78 is 11.6. The lowest BCUT2D eigenvalue weighted by atomic mass is 10.0. The average molecular weight is 284 g/mol. The van der Waals surface area contributed by atoms with Gasteiger partial charge in [0.15, 0.2) is 5.75 Å². The third kappa shape index (κ3) is 2.43. The predicted molar refractivity (Wildman–Crippen MR) is 85.2 cm³/mol. The standard InChI is InChI=1S/C17H20N2O2/c1-19-11-12(10-18)21-17-14(7-5-8-15(17)19)13-6-3-4-9-16(13)20-2/h3-9,12H,10-11,18H2,1-2H3/t12-/m1/s1. The van der Waals surface area contributed by atoms with Crippen molar-refractivity contribution in [3.8, 4) is 22.6 Å². The molecule has 21 heavy (non-hydrogen) atoms. The van der Waals surface area contributed by atoms with Crippen molar-refractivity contribution in [3.05, 3.63) is 42.5 Å². The molecular formula is C17H20N2O2. The van der Waals surface area contributed by atoms with Crippen LogP contribution in [0.4, 0.5) is 5.69 Å². The molecule has 1 atom stereocenters. The molecule has 110 valence electrons. The monoisotopic (exact) mass is 284 g/mol. The van der Waals surface area contributed by atoms with Crippen LogP contribution < -0.4 is 20.1 Å². The molecule has 4 nitrogen and oxygen atoms in total. The Morgan fingerprint density at radius 2 is 1.95 bits per heavy atom. The van der Waals surface area contributed by atoms with Gasteiger partial charge in [0.1, 0.15) is 11.9 Å². The van der Waals surface area contributed by atoms with Crippen molar-refractivity contribution in [2.24, 2.45) is 5.73 Å². The van der Waals surface area contributed by atoms with E-state index in [1.807, 2.05) is 30.3 Å². The number of benzene rings is 2. The summed E-state index contributed by atoms with van der Waals surface area (Å²) in [6.45, 7) is 1.31. The van der Waals surface area contributed by atoms with Crippen molar-refractivity contribution in [2.45, 2.75) is 6.10 Å². The highest BCUT2D eigenvalue weighted by molar-refractivity contribution is 5.82. The maximum absolute atomic E-state index is 6.11. The van der Waals surface area contributed by atoms with E-state index in [2.05, 4.69) is 24.1 Å². The van der Waals surface area contributed by atoms with Crippen molar-refractivity contribution < 1.29 is 9.47 Å². The second kappa shape index (κ2) is 5.66. The Hall–Kier alpha value is -2.20. The smallest absolute Gasteiger partial charge is 0.151 e. The van der Waals surface area contributed by atoms with Crippen molar-refractivity contribution in [3.63, 3.8) is 0 Å². The first-order valence-corrected chi connectivity index (χ1v) is 7.09. The molecule has 0 amide bonds. The van der Waals surface area contributed by atoms with Gasteiger partial charge in [0.05, 0.1) is 19.3 Å². The normalized spacial score (nSPS) is 17.1. The van der Waals surface area contributed by atoms with Gasteiger partial charge in [-0.2, -0.15) is 0 Å². The lowest BCUT2D eigenvalue weighted by molar-refractivity contribution is 0.204. The second-order valence-corrected chi connectivity index (χ2v) is 5.21. The summed E-state index contributed by atoms with van der Waals surface area (Å²) in [6, 6.07) is 14.1. The zero-order valence-corrected chi connectivity index (χ0v) is 12.4. The van der Waals surface area contributed by atoms with Crippen LogP contribution in [-0.4, -0.2) is 33.4 Å². The quantitative estimate of drug-likeness (QED) is 0.941. The fourth-order valence-corrected chi connectivity index (χ4v) is 2.76. The second-order valence-electron chi connectivity index (χ2n) is 5.21. The number of para-hydroxylation sites is 2. The lowest BCUT2D eigenvalue weighted by Gasteiger charge is -2.34. The van der Waals surface area contributed by atoms with Gasteiger partial charge in [-0.1, -0.05) is 30.3 Å². The molecular weight excluding hydrogens is 264 g/mol. The molecule has 0 radical (unpaired) electrons. The van der Waals surface area contributed by atoms with Gasteiger partial charge in [-0.3, -0.25) is 0 Å².